The zero-order valence-corrected chi connectivity index (χ0v) is 19.7. The molecule has 0 radical (unpaired) electrons. The van der Waals surface area contributed by atoms with Crippen molar-refractivity contribution in [1.29, 1.82) is 0 Å². The van der Waals surface area contributed by atoms with Crippen molar-refractivity contribution in [2.45, 2.75) is 11.8 Å². The van der Waals surface area contributed by atoms with Gasteiger partial charge in [0.25, 0.3) is 6.47 Å². The molecule has 0 bridgehead atoms. The van der Waals surface area contributed by atoms with E-state index in [4.69, 9.17) is 21.1 Å². The highest BCUT2D eigenvalue weighted by Crippen LogP contribution is 2.45. The maximum absolute atomic E-state index is 10.8. The van der Waals surface area contributed by atoms with Gasteiger partial charge in [-0.2, -0.15) is 0 Å². The van der Waals surface area contributed by atoms with Gasteiger partial charge < -0.3 is 9.47 Å². The van der Waals surface area contributed by atoms with Gasteiger partial charge in [0.1, 0.15) is 13.2 Å². The third kappa shape index (κ3) is 4.45. The number of hydrogen-bond donors (Lipinski definition) is 0. The van der Waals surface area contributed by atoms with E-state index in [1.54, 1.807) is 0 Å². The molecule has 0 spiro atoms. The monoisotopic (exact) mass is 482 g/mol. The van der Waals surface area contributed by atoms with Crippen LogP contribution in [0.4, 0.5) is 4.79 Å². The molecule has 0 amide bonds. The van der Waals surface area contributed by atoms with E-state index in [-0.39, 0.29) is 18.4 Å². The molecule has 0 atom stereocenters. The van der Waals surface area contributed by atoms with Gasteiger partial charge in [0, 0.05) is 23.4 Å². The Kier molecular flexibility index (Phi) is 6.64. The van der Waals surface area contributed by atoms with Crippen molar-refractivity contribution in [2.75, 3.05) is 13.2 Å². The summed E-state index contributed by atoms with van der Waals surface area (Å²) in [5.41, 5.74) is 9.05. The van der Waals surface area contributed by atoms with Crippen LogP contribution in [0.15, 0.2) is 97.1 Å². The fraction of sp³-hybridized carbons (Fsp3) is 0.133. The first-order chi connectivity index (χ1) is 17.2. The summed E-state index contributed by atoms with van der Waals surface area (Å²) in [6, 6.07) is 33.0. The van der Waals surface area contributed by atoms with Crippen molar-refractivity contribution in [3.05, 3.63) is 119 Å². The highest BCUT2D eigenvalue weighted by atomic mass is 35.5. The Hall–Kier alpha value is -3.89. The predicted octanol–water partition coefficient (Wildman–Crippen LogP) is 7.15. The van der Waals surface area contributed by atoms with Crippen LogP contribution in [0.2, 0.25) is 0 Å². The number of benzene rings is 4. The zero-order valence-electron chi connectivity index (χ0n) is 18.9. The molecule has 0 aromatic heterocycles. The van der Waals surface area contributed by atoms with Gasteiger partial charge in [0.2, 0.25) is 0 Å². The number of carbonyl (C=O) groups is 2. The van der Waals surface area contributed by atoms with Gasteiger partial charge in [0.05, 0.1) is 0 Å². The molecule has 0 fully saturated rings. The summed E-state index contributed by atoms with van der Waals surface area (Å²) >= 11 is 5.25. The van der Waals surface area contributed by atoms with Gasteiger partial charge in [0.15, 0.2) is 0 Å². The summed E-state index contributed by atoms with van der Waals surface area (Å²) in [6.07, 6.45) is 0. The Balaban J connectivity index is 0.000000145. The first kappa shape index (κ1) is 22.9. The normalized spacial score (nSPS) is 12.9. The molecule has 6 rings (SSSR count). The van der Waals surface area contributed by atoms with Crippen molar-refractivity contribution >= 4 is 23.5 Å². The smallest absolute Gasteiger partial charge is 0.403 e. The molecule has 4 aromatic rings. The second-order valence-corrected chi connectivity index (χ2v) is 8.74. The number of hydrogen-bond acceptors (Lipinski definition) is 4. The Labute approximate surface area is 209 Å². The molecule has 0 saturated carbocycles. The van der Waals surface area contributed by atoms with Gasteiger partial charge in [-0.05, 0) is 44.5 Å². The summed E-state index contributed by atoms with van der Waals surface area (Å²) in [5, 5.41) is 0. The average molecular weight is 483 g/mol. The minimum Gasteiger partial charge on any atom is -0.467 e. The van der Waals surface area contributed by atoms with Crippen LogP contribution in [0.5, 0.6) is 0 Å². The molecule has 5 heteroatoms. The molecule has 2 aliphatic rings. The molecule has 35 heavy (non-hydrogen) atoms. The Morgan fingerprint density at radius 1 is 0.629 bits per heavy atom. The maximum atomic E-state index is 10.8. The SMILES string of the molecule is O=C(Cl)OCC1c2ccccc2-c2ccccc21.O=COCC1c2ccccc2-c2ccccc21. The van der Waals surface area contributed by atoms with Crippen LogP contribution in [0, 0.1) is 0 Å². The van der Waals surface area contributed by atoms with Crippen LogP contribution < -0.4 is 0 Å². The summed E-state index contributed by atoms with van der Waals surface area (Å²) in [5.74, 6) is 0.257. The fourth-order valence-electron chi connectivity index (χ4n) is 5.16. The number of fused-ring (bicyclic) bond motifs is 6. The molecule has 0 N–H and O–H groups in total. The van der Waals surface area contributed by atoms with E-state index in [0.29, 0.717) is 13.1 Å². The second kappa shape index (κ2) is 10.2. The van der Waals surface area contributed by atoms with E-state index >= 15 is 0 Å². The highest BCUT2D eigenvalue weighted by molar-refractivity contribution is 6.61. The van der Waals surface area contributed by atoms with Gasteiger partial charge in [-0.1, -0.05) is 97.1 Å². The molecule has 4 aromatic carbocycles. The van der Waals surface area contributed by atoms with Crippen molar-refractivity contribution in [3.8, 4) is 22.3 Å². The van der Waals surface area contributed by atoms with Crippen LogP contribution in [0.25, 0.3) is 22.3 Å². The summed E-state index contributed by atoms with van der Waals surface area (Å²) in [4.78, 5) is 21.1. The molecule has 0 unspecified atom stereocenters. The van der Waals surface area contributed by atoms with Gasteiger partial charge >= 0.3 is 5.43 Å². The fourth-order valence-corrected chi connectivity index (χ4v) is 5.23. The third-order valence-electron chi connectivity index (χ3n) is 6.62. The van der Waals surface area contributed by atoms with Crippen molar-refractivity contribution in [3.63, 3.8) is 0 Å². The molecule has 174 valence electrons. The van der Waals surface area contributed by atoms with Crippen LogP contribution in [0.1, 0.15) is 34.1 Å². The van der Waals surface area contributed by atoms with Crippen LogP contribution in [-0.4, -0.2) is 25.1 Å². The van der Waals surface area contributed by atoms with Crippen LogP contribution in [0.3, 0.4) is 0 Å². The molecule has 2 aliphatic carbocycles. The Bertz CT molecular complexity index is 1290. The summed E-state index contributed by atoms with van der Waals surface area (Å²) < 4.78 is 9.92. The average Bonchev–Trinajstić information content (AvgIpc) is 3.39. The lowest BCUT2D eigenvalue weighted by Gasteiger charge is -2.12. The molecule has 0 saturated heterocycles. The summed E-state index contributed by atoms with van der Waals surface area (Å²) in [7, 11) is 0. The molecule has 4 nitrogen and oxygen atoms in total. The predicted molar refractivity (Wildman–Crippen MR) is 137 cm³/mol. The molecule has 0 aliphatic heterocycles. The molecular formula is C30H23ClO4. The lowest BCUT2D eigenvalue weighted by molar-refractivity contribution is -0.128. The van der Waals surface area contributed by atoms with Crippen LogP contribution >= 0.6 is 11.6 Å². The molecular weight excluding hydrogens is 460 g/mol. The van der Waals surface area contributed by atoms with Gasteiger partial charge in [-0.3, -0.25) is 4.79 Å². The van der Waals surface area contributed by atoms with E-state index in [1.807, 2.05) is 48.5 Å². The number of rotatable bonds is 5. The minimum absolute atomic E-state index is 0.0834. The maximum Gasteiger partial charge on any atom is 0.403 e. The van der Waals surface area contributed by atoms with Crippen LogP contribution in [-0.2, 0) is 14.3 Å². The van der Waals surface area contributed by atoms with Crippen molar-refractivity contribution in [1.82, 2.24) is 0 Å². The lowest BCUT2D eigenvalue weighted by Crippen LogP contribution is -2.07. The van der Waals surface area contributed by atoms with E-state index in [1.165, 1.54) is 44.5 Å². The summed E-state index contributed by atoms with van der Waals surface area (Å²) in [6.45, 7) is 1.22. The Morgan fingerprint density at radius 3 is 1.31 bits per heavy atom. The van der Waals surface area contributed by atoms with Gasteiger partial charge in [-0.25, -0.2) is 4.79 Å². The number of halogens is 1. The quantitative estimate of drug-likeness (QED) is 0.224. The first-order valence-electron chi connectivity index (χ1n) is 11.4. The highest BCUT2D eigenvalue weighted by Gasteiger charge is 2.29. The van der Waals surface area contributed by atoms with E-state index in [0.717, 1.165) is 0 Å². The Morgan fingerprint density at radius 2 is 0.971 bits per heavy atom. The number of carbonyl (C=O) groups excluding carboxylic acids is 2. The standard InChI is InChI=1S/C15H11ClO2.C15H12O2/c16-15(17)18-9-14-12-7-3-1-5-10(12)11-6-2-4-8-13(11)14;16-10-17-9-15-13-7-3-1-5-11(13)12-6-2-4-8-14(12)15/h1-8,14H,9H2;1-8,10,15H,9H2. The van der Waals surface area contributed by atoms with Gasteiger partial charge in [-0.15, -0.1) is 0 Å². The minimum atomic E-state index is -0.753. The topological polar surface area (TPSA) is 52.6 Å². The lowest BCUT2D eigenvalue weighted by atomic mass is 9.98. The van der Waals surface area contributed by atoms with E-state index in [9.17, 15) is 9.59 Å². The number of ether oxygens (including phenoxy) is 2. The van der Waals surface area contributed by atoms with Crippen molar-refractivity contribution in [2.24, 2.45) is 0 Å². The van der Waals surface area contributed by atoms with Crippen molar-refractivity contribution < 1.29 is 19.1 Å². The van der Waals surface area contributed by atoms with E-state index in [2.05, 4.69) is 48.5 Å². The largest absolute Gasteiger partial charge is 0.467 e. The zero-order chi connectivity index (χ0) is 24.2. The second-order valence-electron chi connectivity index (χ2n) is 8.43. The molecule has 0 heterocycles. The first-order valence-corrected chi connectivity index (χ1v) is 11.8. The third-order valence-corrected chi connectivity index (χ3v) is 6.73. The van der Waals surface area contributed by atoms with E-state index < -0.39 is 5.43 Å².